The lowest BCUT2D eigenvalue weighted by Crippen LogP contribution is -2.48. The number of para-hydroxylation sites is 1. The fraction of sp³-hybridized carbons (Fsp3) is 0.250. The maximum Gasteiger partial charge on any atom is 0.339 e. The highest BCUT2D eigenvalue weighted by Crippen LogP contribution is 2.31. The first-order valence-electron chi connectivity index (χ1n) is 12.4. The number of hydrogen-bond acceptors (Lipinski definition) is 7. The van der Waals surface area contributed by atoms with E-state index in [1.807, 2.05) is 71.6 Å². The molecular weight excluding hydrogens is 468 g/mol. The average Bonchev–Trinajstić information content (AvgIpc) is 3.42. The molecule has 0 aliphatic carbocycles. The Morgan fingerprint density at radius 1 is 0.919 bits per heavy atom. The lowest BCUT2D eigenvalue weighted by atomic mass is 9.93. The first-order chi connectivity index (χ1) is 18.2. The molecule has 1 fully saturated rings. The summed E-state index contributed by atoms with van der Waals surface area (Å²) in [7, 11) is 0. The molecule has 0 spiro atoms. The second-order valence-electron chi connectivity index (χ2n) is 9.29. The van der Waals surface area contributed by atoms with Crippen LogP contribution < -0.4 is 0 Å². The molecule has 3 heterocycles. The van der Waals surface area contributed by atoms with Crippen LogP contribution in [0.1, 0.15) is 43.8 Å². The highest BCUT2D eigenvalue weighted by Gasteiger charge is 2.29. The maximum absolute atomic E-state index is 13.3. The van der Waals surface area contributed by atoms with Gasteiger partial charge < -0.3 is 9.64 Å². The molecule has 0 N–H and O–H groups in total. The molecule has 37 heavy (non-hydrogen) atoms. The topological polar surface area (TPSA) is 93.5 Å². The van der Waals surface area contributed by atoms with Crippen LogP contribution in [0.2, 0.25) is 0 Å². The molecule has 1 aromatic heterocycles. The lowest BCUT2D eigenvalue weighted by Gasteiger charge is -2.34. The van der Waals surface area contributed by atoms with Crippen LogP contribution in [0.3, 0.4) is 0 Å². The second-order valence-corrected chi connectivity index (χ2v) is 9.29. The standard InChI is InChI=1S/C28H26N6O3/c35-27(21-11-12-24-22(17-21)18-25(37-28(24)36)20-7-3-1-4-8-20)33-15-13-32(14-16-33)19-26-29-30-31-34(26)23-9-5-2-6-10-23/h1-12,17,25H,13-16,18-19H2. The summed E-state index contributed by atoms with van der Waals surface area (Å²) in [5.74, 6) is 0.396. The van der Waals surface area contributed by atoms with Crippen molar-refractivity contribution in [2.75, 3.05) is 26.2 Å². The number of aromatic nitrogens is 4. The van der Waals surface area contributed by atoms with Crippen molar-refractivity contribution in [2.45, 2.75) is 19.1 Å². The van der Waals surface area contributed by atoms with Crippen LogP contribution in [-0.4, -0.2) is 68.1 Å². The third kappa shape index (κ3) is 4.73. The van der Waals surface area contributed by atoms with Gasteiger partial charge in [0.15, 0.2) is 5.82 Å². The molecule has 2 aliphatic rings. The van der Waals surface area contributed by atoms with Crippen molar-refractivity contribution in [1.82, 2.24) is 30.0 Å². The van der Waals surface area contributed by atoms with Gasteiger partial charge in [0.2, 0.25) is 0 Å². The van der Waals surface area contributed by atoms with Gasteiger partial charge >= 0.3 is 5.97 Å². The Morgan fingerprint density at radius 3 is 2.41 bits per heavy atom. The Morgan fingerprint density at radius 2 is 1.65 bits per heavy atom. The third-order valence-corrected chi connectivity index (χ3v) is 6.96. The van der Waals surface area contributed by atoms with Crippen LogP contribution in [0, 0.1) is 0 Å². The molecule has 1 saturated heterocycles. The Bertz CT molecular complexity index is 1410. The number of nitrogens with zero attached hydrogens (tertiary/aromatic N) is 6. The van der Waals surface area contributed by atoms with E-state index in [9.17, 15) is 9.59 Å². The van der Waals surface area contributed by atoms with E-state index in [0.717, 1.165) is 35.7 Å². The fourth-order valence-electron chi connectivity index (χ4n) is 4.95. The molecule has 1 atom stereocenters. The van der Waals surface area contributed by atoms with Crippen LogP contribution in [0.5, 0.6) is 0 Å². The Kier molecular flexibility index (Phi) is 6.20. The van der Waals surface area contributed by atoms with Gasteiger partial charge in [0.1, 0.15) is 6.10 Å². The summed E-state index contributed by atoms with van der Waals surface area (Å²) < 4.78 is 7.40. The molecule has 1 unspecified atom stereocenters. The number of cyclic esters (lactones) is 1. The fourth-order valence-corrected chi connectivity index (χ4v) is 4.95. The average molecular weight is 495 g/mol. The van der Waals surface area contributed by atoms with Crippen LogP contribution in [-0.2, 0) is 17.7 Å². The monoisotopic (exact) mass is 494 g/mol. The number of rotatable bonds is 5. The smallest absolute Gasteiger partial charge is 0.339 e. The highest BCUT2D eigenvalue weighted by atomic mass is 16.5. The zero-order chi connectivity index (χ0) is 25.2. The van der Waals surface area contributed by atoms with Crippen molar-refractivity contribution in [3.8, 4) is 5.69 Å². The van der Waals surface area contributed by atoms with Gasteiger partial charge in [-0.25, -0.2) is 4.79 Å². The van der Waals surface area contributed by atoms with Gasteiger partial charge in [-0.15, -0.1) is 5.10 Å². The number of carbonyl (C=O) groups excluding carboxylic acids is 2. The van der Waals surface area contributed by atoms with Gasteiger partial charge in [0.25, 0.3) is 5.91 Å². The minimum atomic E-state index is -0.347. The first-order valence-corrected chi connectivity index (χ1v) is 12.4. The Balaban J connectivity index is 1.11. The zero-order valence-electron chi connectivity index (χ0n) is 20.2. The summed E-state index contributed by atoms with van der Waals surface area (Å²) in [6.45, 7) is 3.27. The number of hydrogen-bond donors (Lipinski definition) is 0. The molecule has 6 rings (SSSR count). The van der Waals surface area contributed by atoms with Crippen LogP contribution in [0.15, 0.2) is 78.9 Å². The van der Waals surface area contributed by atoms with E-state index in [1.54, 1.807) is 16.8 Å². The van der Waals surface area contributed by atoms with Gasteiger partial charge in [0, 0.05) is 38.2 Å². The van der Waals surface area contributed by atoms with E-state index in [0.29, 0.717) is 37.2 Å². The summed E-state index contributed by atoms with van der Waals surface area (Å²) in [5, 5.41) is 12.2. The molecule has 9 nitrogen and oxygen atoms in total. The molecule has 4 aromatic rings. The molecule has 3 aromatic carbocycles. The van der Waals surface area contributed by atoms with Crippen molar-refractivity contribution in [2.24, 2.45) is 0 Å². The molecule has 0 saturated carbocycles. The highest BCUT2D eigenvalue weighted by molar-refractivity contribution is 5.97. The number of piperazine rings is 1. The SMILES string of the molecule is O=C1OC(c2ccccc2)Cc2cc(C(=O)N3CCN(Cc4nnnn4-c4ccccc4)CC3)ccc21. The predicted octanol–water partition coefficient (Wildman–Crippen LogP) is 3.07. The van der Waals surface area contributed by atoms with Gasteiger partial charge in [-0.3, -0.25) is 9.69 Å². The number of esters is 1. The lowest BCUT2D eigenvalue weighted by molar-refractivity contribution is 0.0252. The molecular formula is C28H26N6O3. The molecule has 9 heteroatoms. The Hall–Kier alpha value is -4.37. The summed E-state index contributed by atoms with van der Waals surface area (Å²) in [5.41, 5.74) is 3.85. The molecule has 2 aliphatic heterocycles. The summed E-state index contributed by atoms with van der Waals surface area (Å²) in [4.78, 5) is 30.1. The van der Waals surface area contributed by atoms with Gasteiger partial charge in [0.05, 0.1) is 17.8 Å². The van der Waals surface area contributed by atoms with E-state index in [-0.39, 0.29) is 18.0 Å². The normalized spacial score (nSPS) is 17.8. The molecule has 0 bridgehead atoms. The molecule has 186 valence electrons. The number of benzene rings is 3. The number of ether oxygens (including phenoxy) is 1. The van der Waals surface area contributed by atoms with Crippen LogP contribution >= 0.6 is 0 Å². The Labute approximate surface area is 214 Å². The largest absolute Gasteiger partial charge is 0.454 e. The van der Waals surface area contributed by atoms with E-state index in [2.05, 4.69) is 20.4 Å². The quantitative estimate of drug-likeness (QED) is 0.394. The number of amides is 1. The maximum atomic E-state index is 13.3. The first kappa shape index (κ1) is 23.1. The molecule has 0 radical (unpaired) electrons. The number of fused-ring (bicyclic) bond motifs is 1. The summed E-state index contributed by atoms with van der Waals surface area (Å²) in [6.07, 6.45) is 0.207. The minimum absolute atomic E-state index is 0.0215. The van der Waals surface area contributed by atoms with Gasteiger partial charge in [-0.1, -0.05) is 48.5 Å². The van der Waals surface area contributed by atoms with Gasteiger partial charge in [-0.2, -0.15) is 4.68 Å². The zero-order valence-corrected chi connectivity index (χ0v) is 20.2. The molecule has 1 amide bonds. The second kappa shape index (κ2) is 9.94. The van der Waals surface area contributed by atoms with Crippen molar-refractivity contribution < 1.29 is 14.3 Å². The minimum Gasteiger partial charge on any atom is -0.454 e. The van der Waals surface area contributed by atoms with Crippen LogP contribution in [0.25, 0.3) is 5.69 Å². The van der Waals surface area contributed by atoms with E-state index in [4.69, 9.17) is 4.74 Å². The third-order valence-electron chi connectivity index (χ3n) is 6.96. The van der Waals surface area contributed by atoms with Crippen molar-refractivity contribution in [3.63, 3.8) is 0 Å². The number of tetrazole rings is 1. The summed E-state index contributed by atoms with van der Waals surface area (Å²) >= 11 is 0. The van der Waals surface area contributed by atoms with Crippen molar-refractivity contribution in [1.29, 1.82) is 0 Å². The van der Waals surface area contributed by atoms with E-state index >= 15 is 0 Å². The van der Waals surface area contributed by atoms with Crippen molar-refractivity contribution >= 4 is 11.9 Å². The van der Waals surface area contributed by atoms with Gasteiger partial charge in [-0.05, 0) is 51.9 Å². The van der Waals surface area contributed by atoms with Crippen LogP contribution in [0.4, 0.5) is 0 Å². The predicted molar refractivity (Wildman–Crippen MR) is 135 cm³/mol. The van der Waals surface area contributed by atoms with Crippen molar-refractivity contribution in [3.05, 3.63) is 107 Å². The number of carbonyl (C=O) groups is 2. The van der Waals surface area contributed by atoms with E-state index < -0.39 is 0 Å². The summed E-state index contributed by atoms with van der Waals surface area (Å²) in [6, 6.07) is 24.8. The van der Waals surface area contributed by atoms with E-state index in [1.165, 1.54) is 0 Å².